The smallest absolute Gasteiger partial charge is 0.140 e. The molecule has 0 saturated carbocycles. The van der Waals surface area contributed by atoms with Crippen LogP contribution in [0.25, 0.3) is 0 Å². The summed E-state index contributed by atoms with van der Waals surface area (Å²) < 4.78 is 1.83. The maximum Gasteiger partial charge on any atom is 0.140 e. The lowest BCUT2D eigenvalue weighted by Crippen LogP contribution is -2.02. The zero-order valence-electron chi connectivity index (χ0n) is 7.54. The summed E-state index contributed by atoms with van der Waals surface area (Å²) in [5.74, 6) is 0.779. The number of hydrogen-bond donors (Lipinski definition) is 2. The molecule has 0 aromatic carbocycles. The SMILES string of the molecule is Brc1cnc(NCc2cn[nH]n2)c(Br)c1. The summed E-state index contributed by atoms with van der Waals surface area (Å²) in [6, 6.07) is 1.93. The second kappa shape index (κ2) is 4.71. The van der Waals surface area contributed by atoms with E-state index in [1.54, 1.807) is 12.4 Å². The van der Waals surface area contributed by atoms with Gasteiger partial charge < -0.3 is 5.32 Å². The first kappa shape index (κ1) is 10.6. The van der Waals surface area contributed by atoms with Gasteiger partial charge in [0.2, 0.25) is 0 Å². The highest BCUT2D eigenvalue weighted by molar-refractivity contribution is 9.11. The number of aromatic amines is 1. The first-order chi connectivity index (χ1) is 7.25. The number of nitrogens with zero attached hydrogens (tertiary/aromatic N) is 3. The summed E-state index contributed by atoms with van der Waals surface area (Å²) in [7, 11) is 0. The van der Waals surface area contributed by atoms with Gasteiger partial charge in [-0.15, -0.1) is 0 Å². The summed E-state index contributed by atoms with van der Waals surface area (Å²) in [6.07, 6.45) is 3.40. The first-order valence-electron chi connectivity index (χ1n) is 4.15. The summed E-state index contributed by atoms with van der Waals surface area (Å²) in [4.78, 5) is 4.21. The van der Waals surface area contributed by atoms with Crippen molar-refractivity contribution in [1.29, 1.82) is 0 Å². The predicted octanol–water partition coefficient (Wildman–Crippen LogP) is 2.34. The third-order valence-corrected chi connectivity index (χ3v) is 2.75. The third-order valence-electron chi connectivity index (χ3n) is 1.71. The average molecular weight is 333 g/mol. The highest BCUT2D eigenvalue weighted by Crippen LogP contribution is 2.23. The molecule has 2 rings (SSSR count). The van der Waals surface area contributed by atoms with Gasteiger partial charge in [0.05, 0.1) is 17.2 Å². The Balaban J connectivity index is 2.05. The number of nitrogens with one attached hydrogen (secondary N) is 2. The maximum atomic E-state index is 4.21. The van der Waals surface area contributed by atoms with Gasteiger partial charge >= 0.3 is 0 Å². The molecule has 0 bridgehead atoms. The topological polar surface area (TPSA) is 66.5 Å². The molecular formula is C8H7Br2N5. The molecular weight excluding hydrogens is 326 g/mol. The van der Waals surface area contributed by atoms with Crippen molar-refractivity contribution < 1.29 is 0 Å². The molecule has 2 heterocycles. The van der Waals surface area contributed by atoms with Crippen molar-refractivity contribution in [3.05, 3.63) is 33.1 Å². The van der Waals surface area contributed by atoms with Crippen LogP contribution in [-0.4, -0.2) is 20.4 Å². The van der Waals surface area contributed by atoms with Crippen LogP contribution < -0.4 is 5.32 Å². The number of rotatable bonds is 3. The van der Waals surface area contributed by atoms with Crippen molar-refractivity contribution in [2.24, 2.45) is 0 Å². The molecule has 0 spiro atoms. The molecule has 15 heavy (non-hydrogen) atoms. The van der Waals surface area contributed by atoms with Gasteiger partial charge in [-0.05, 0) is 37.9 Å². The van der Waals surface area contributed by atoms with E-state index in [-0.39, 0.29) is 0 Å². The molecule has 78 valence electrons. The predicted molar refractivity (Wildman–Crippen MR) is 63.3 cm³/mol. The van der Waals surface area contributed by atoms with Crippen LogP contribution in [0.1, 0.15) is 5.69 Å². The van der Waals surface area contributed by atoms with E-state index in [1.807, 2.05) is 6.07 Å². The van der Waals surface area contributed by atoms with Crippen molar-refractivity contribution in [2.75, 3.05) is 5.32 Å². The molecule has 2 aromatic heterocycles. The van der Waals surface area contributed by atoms with Crippen LogP contribution in [0.15, 0.2) is 27.4 Å². The summed E-state index contributed by atoms with van der Waals surface area (Å²) in [5.41, 5.74) is 0.839. The molecule has 0 atom stereocenters. The van der Waals surface area contributed by atoms with Crippen LogP contribution in [-0.2, 0) is 6.54 Å². The second-order valence-electron chi connectivity index (χ2n) is 2.80. The minimum Gasteiger partial charge on any atom is -0.363 e. The van der Waals surface area contributed by atoms with Gasteiger partial charge in [0.25, 0.3) is 0 Å². The number of hydrogen-bond acceptors (Lipinski definition) is 4. The van der Waals surface area contributed by atoms with E-state index in [0.717, 1.165) is 20.5 Å². The highest BCUT2D eigenvalue weighted by Gasteiger charge is 2.02. The molecule has 0 unspecified atom stereocenters. The van der Waals surface area contributed by atoms with E-state index in [1.165, 1.54) is 0 Å². The van der Waals surface area contributed by atoms with Gasteiger partial charge in [0.1, 0.15) is 11.5 Å². The Morgan fingerprint density at radius 1 is 1.33 bits per heavy atom. The molecule has 0 radical (unpaired) electrons. The standard InChI is InChI=1S/C8H7Br2N5/c9-5-1-7(10)8(11-2-5)12-3-6-4-13-15-14-6/h1-2,4H,3H2,(H,11,12)(H,13,14,15). The molecule has 2 N–H and O–H groups in total. The van der Waals surface area contributed by atoms with Crippen LogP contribution in [0.4, 0.5) is 5.82 Å². The van der Waals surface area contributed by atoms with Crippen LogP contribution in [0.5, 0.6) is 0 Å². The summed E-state index contributed by atoms with van der Waals surface area (Å²) in [6.45, 7) is 0.587. The molecule has 2 aromatic rings. The lowest BCUT2D eigenvalue weighted by atomic mass is 10.4. The Morgan fingerprint density at radius 3 is 2.87 bits per heavy atom. The first-order valence-corrected chi connectivity index (χ1v) is 5.74. The fraction of sp³-hybridized carbons (Fsp3) is 0.125. The molecule has 5 nitrogen and oxygen atoms in total. The molecule has 0 saturated heterocycles. The Bertz CT molecular complexity index is 442. The fourth-order valence-corrected chi connectivity index (χ4v) is 2.16. The number of pyridine rings is 1. The molecule has 0 fully saturated rings. The van der Waals surface area contributed by atoms with E-state index >= 15 is 0 Å². The lowest BCUT2D eigenvalue weighted by molar-refractivity contribution is 0.909. The van der Waals surface area contributed by atoms with Gasteiger partial charge in [-0.25, -0.2) is 4.98 Å². The lowest BCUT2D eigenvalue weighted by Gasteiger charge is -2.05. The third kappa shape index (κ3) is 2.75. The van der Waals surface area contributed by atoms with Crippen molar-refractivity contribution >= 4 is 37.7 Å². The Morgan fingerprint density at radius 2 is 2.20 bits per heavy atom. The number of anilines is 1. The van der Waals surface area contributed by atoms with E-state index in [0.29, 0.717) is 6.54 Å². The van der Waals surface area contributed by atoms with E-state index < -0.39 is 0 Å². The van der Waals surface area contributed by atoms with Crippen LogP contribution in [0.3, 0.4) is 0 Å². The van der Waals surface area contributed by atoms with Gasteiger partial charge in [-0.2, -0.15) is 15.4 Å². The molecule has 7 heteroatoms. The van der Waals surface area contributed by atoms with Crippen LogP contribution >= 0.6 is 31.9 Å². The number of halogens is 2. The highest BCUT2D eigenvalue weighted by atomic mass is 79.9. The molecule has 0 aliphatic rings. The summed E-state index contributed by atoms with van der Waals surface area (Å²) >= 11 is 6.75. The van der Waals surface area contributed by atoms with Crippen molar-refractivity contribution in [3.8, 4) is 0 Å². The normalized spacial score (nSPS) is 10.3. The quantitative estimate of drug-likeness (QED) is 0.905. The minimum atomic E-state index is 0.587. The largest absolute Gasteiger partial charge is 0.363 e. The summed E-state index contributed by atoms with van der Waals surface area (Å²) in [5, 5.41) is 13.3. The Hall–Kier alpha value is -0.950. The van der Waals surface area contributed by atoms with Crippen molar-refractivity contribution in [2.45, 2.75) is 6.54 Å². The fourth-order valence-electron chi connectivity index (χ4n) is 1.03. The number of H-pyrrole nitrogens is 1. The zero-order valence-corrected chi connectivity index (χ0v) is 10.7. The molecule has 0 aliphatic carbocycles. The van der Waals surface area contributed by atoms with Crippen molar-refractivity contribution in [1.82, 2.24) is 20.4 Å². The van der Waals surface area contributed by atoms with Gasteiger partial charge in [0, 0.05) is 10.7 Å². The maximum absolute atomic E-state index is 4.21. The second-order valence-corrected chi connectivity index (χ2v) is 4.57. The number of aromatic nitrogens is 4. The Labute approximate surface area is 103 Å². The molecule has 0 amide bonds. The van der Waals surface area contributed by atoms with E-state index in [4.69, 9.17) is 0 Å². The van der Waals surface area contributed by atoms with Crippen LogP contribution in [0, 0.1) is 0 Å². The van der Waals surface area contributed by atoms with E-state index in [9.17, 15) is 0 Å². The monoisotopic (exact) mass is 331 g/mol. The Kier molecular flexibility index (Phi) is 3.32. The van der Waals surface area contributed by atoms with Gasteiger partial charge in [-0.1, -0.05) is 0 Å². The van der Waals surface area contributed by atoms with Crippen molar-refractivity contribution in [3.63, 3.8) is 0 Å². The van der Waals surface area contributed by atoms with Gasteiger partial charge in [-0.3, -0.25) is 0 Å². The molecule has 0 aliphatic heterocycles. The van der Waals surface area contributed by atoms with Crippen LogP contribution in [0.2, 0.25) is 0 Å². The van der Waals surface area contributed by atoms with Gasteiger partial charge in [0.15, 0.2) is 0 Å². The van der Waals surface area contributed by atoms with E-state index in [2.05, 4.69) is 57.6 Å². The minimum absolute atomic E-state index is 0.587. The average Bonchev–Trinajstić information content (AvgIpc) is 2.69. The zero-order chi connectivity index (χ0) is 10.7.